The van der Waals surface area contributed by atoms with Gasteiger partial charge in [0.25, 0.3) is 0 Å². The molecule has 0 saturated heterocycles. The third kappa shape index (κ3) is 4.28. The van der Waals surface area contributed by atoms with Crippen molar-refractivity contribution in [2.24, 2.45) is 0 Å². The van der Waals surface area contributed by atoms with Crippen molar-refractivity contribution in [3.63, 3.8) is 0 Å². The lowest BCUT2D eigenvalue weighted by Crippen LogP contribution is -2.43. The molecule has 0 aromatic carbocycles. The maximum atomic E-state index is 12.5. The smallest absolute Gasteiger partial charge is 0.236 e. The quantitative estimate of drug-likeness (QED) is 0.637. The number of aromatic amines is 1. The molecule has 172 valence electrons. The topological polar surface area (TPSA) is 82.4 Å². The van der Waals surface area contributed by atoms with E-state index in [4.69, 9.17) is 5.10 Å². The molecular formula is C24H35N7O. The minimum atomic E-state index is 0.198. The second-order valence-electron chi connectivity index (χ2n) is 9.74. The summed E-state index contributed by atoms with van der Waals surface area (Å²) in [7, 11) is 5.83. The van der Waals surface area contributed by atoms with Gasteiger partial charge in [-0.1, -0.05) is 13.8 Å². The maximum Gasteiger partial charge on any atom is 0.236 e. The molecule has 0 aliphatic heterocycles. The zero-order valence-electron chi connectivity index (χ0n) is 20.1. The van der Waals surface area contributed by atoms with E-state index in [1.165, 1.54) is 11.3 Å². The lowest BCUT2D eigenvalue weighted by atomic mass is 9.80. The third-order valence-electron chi connectivity index (χ3n) is 6.74. The molecule has 1 amide bonds. The normalized spacial score (nSPS) is 19.2. The first-order valence-electron chi connectivity index (χ1n) is 11.5. The number of nitrogens with one attached hydrogen (secondary N) is 1. The van der Waals surface area contributed by atoms with Crippen LogP contribution in [0.4, 0.5) is 0 Å². The second-order valence-corrected chi connectivity index (χ2v) is 9.74. The number of hydrogen-bond acceptors (Lipinski definition) is 5. The van der Waals surface area contributed by atoms with Crippen molar-refractivity contribution >= 4 is 11.6 Å². The number of aromatic nitrogens is 5. The summed E-state index contributed by atoms with van der Waals surface area (Å²) < 4.78 is 1.83. The first kappa shape index (κ1) is 22.5. The van der Waals surface area contributed by atoms with Gasteiger partial charge in [-0.05, 0) is 64.3 Å². The molecule has 0 atom stereocenters. The lowest BCUT2D eigenvalue weighted by Gasteiger charge is -2.35. The van der Waals surface area contributed by atoms with Crippen LogP contribution in [-0.4, -0.2) is 74.2 Å². The van der Waals surface area contributed by atoms with Crippen LogP contribution in [0.2, 0.25) is 0 Å². The SMILES string of the molecule is Cc1cc(-c2n[nH]c(C3CCC(N(C)C(=O)CN(C)C)CC3)c2C(C)C)cn2ncnc12. The molecule has 4 rings (SSSR count). The minimum absolute atomic E-state index is 0.198. The summed E-state index contributed by atoms with van der Waals surface area (Å²) in [4.78, 5) is 20.7. The Morgan fingerprint density at radius 1 is 1.22 bits per heavy atom. The predicted molar refractivity (Wildman–Crippen MR) is 126 cm³/mol. The number of nitrogens with zero attached hydrogens (tertiary/aromatic N) is 6. The van der Waals surface area contributed by atoms with E-state index in [9.17, 15) is 4.79 Å². The Morgan fingerprint density at radius 2 is 1.94 bits per heavy atom. The zero-order chi connectivity index (χ0) is 23.0. The lowest BCUT2D eigenvalue weighted by molar-refractivity contribution is -0.133. The highest BCUT2D eigenvalue weighted by Crippen LogP contribution is 2.40. The summed E-state index contributed by atoms with van der Waals surface area (Å²) in [6, 6.07) is 2.47. The molecule has 0 spiro atoms. The molecule has 3 aromatic heterocycles. The van der Waals surface area contributed by atoms with Gasteiger partial charge in [0.15, 0.2) is 5.65 Å². The van der Waals surface area contributed by atoms with Gasteiger partial charge in [0.1, 0.15) is 6.33 Å². The van der Waals surface area contributed by atoms with Crippen LogP contribution in [0.25, 0.3) is 16.9 Å². The fraction of sp³-hybridized carbons (Fsp3) is 0.583. The molecule has 1 aliphatic carbocycles. The van der Waals surface area contributed by atoms with Gasteiger partial charge in [0, 0.05) is 42.0 Å². The van der Waals surface area contributed by atoms with Crippen LogP contribution in [0.3, 0.4) is 0 Å². The van der Waals surface area contributed by atoms with Crippen LogP contribution in [0, 0.1) is 6.92 Å². The first-order valence-corrected chi connectivity index (χ1v) is 11.5. The number of likely N-dealkylation sites (N-methyl/N-ethyl adjacent to an activating group) is 2. The van der Waals surface area contributed by atoms with E-state index in [0.717, 1.165) is 48.2 Å². The maximum absolute atomic E-state index is 12.5. The van der Waals surface area contributed by atoms with E-state index < -0.39 is 0 Å². The number of carbonyl (C=O) groups is 1. The van der Waals surface area contributed by atoms with Gasteiger partial charge < -0.3 is 9.80 Å². The highest BCUT2D eigenvalue weighted by Gasteiger charge is 2.31. The molecule has 32 heavy (non-hydrogen) atoms. The molecule has 3 heterocycles. The Bertz CT molecular complexity index is 1090. The van der Waals surface area contributed by atoms with Crippen LogP contribution in [0.5, 0.6) is 0 Å². The van der Waals surface area contributed by atoms with Crippen molar-refractivity contribution in [3.05, 3.63) is 35.4 Å². The van der Waals surface area contributed by atoms with E-state index in [1.807, 2.05) is 41.7 Å². The monoisotopic (exact) mass is 437 g/mol. The van der Waals surface area contributed by atoms with Crippen molar-refractivity contribution < 1.29 is 4.79 Å². The summed E-state index contributed by atoms with van der Waals surface area (Å²) in [6.07, 6.45) is 7.78. The molecule has 0 unspecified atom stereocenters. The van der Waals surface area contributed by atoms with Crippen LogP contribution in [0.1, 0.15) is 68.2 Å². The van der Waals surface area contributed by atoms with Crippen LogP contribution in [-0.2, 0) is 4.79 Å². The number of aryl methyl sites for hydroxylation is 1. The van der Waals surface area contributed by atoms with E-state index in [2.05, 4.69) is 42.0 Å². The summed E-state index contributed by atoms with van der Waals surface area (Å²) in [5.41, 5.74) is 6.59. The van der Waals surface area contributed by atoms with Gasteiger partial charge in [-0.2, -0.15) is 10.2 Å². The number of H-pyrrole nitrogens is 1. The highest BCUT2D eigenvalue weighted by molar-refractivity contribution is 5.78. The largest absolute Gasteiger partial charge is 0.342 e. The van der Waals surface area contributed by atoms with E-state index in [0.29, 0.717) is 24.4 Å². The Hall–Kier alpha value is -2.74. The molecule has 0 bridgehead atoms. The Morgan fingerprint density at radius 3 is 2.59 bits per heavy atom. The average Bonchev–Trinajstić information content (AvgIpc) is 3.40. The van der Waals surface area contributed by atoms with Crippen molar-refractivity contribution in [2.75, 3.05) is 27.7 Å². The summed E-state index contributed by atoms with van der Waals surface area (Å²) in [6.45, 7) is 6.99. The van der Waals surface area contributed by atoms with Gasteiger partial charge in [-0.3, -0.25) is 9.89 Å². The predicted octanol–water partition coefficient (Wildman–Crippen LogP) is 3.60. The molecule has 8 nitrogen and oxygen atoms in total. The van der Waals surface area contributed by atoms with Crippen LogP contribution >= 0.6 is 0 Å². The number of rotatable bonds is 6. The number of pyridine rings is 1. The van der Waals surface area contributed by atoms with Gasteiger partial charge in [-0.25, -0.2) is 9.50 Å². The Kier molecular flexibility index (Phi) is 6.33. The number of carbonyl (C=O) groups excluding carboxylic acids is 1. The van der Waals surface area contributed by atoms with Crippen molar-refractivity contribution in [1.82, 2.24) is 34.6 Å². The van der Waals surface area contributed by atoms with Crippen LogP contribution in [0.15, 0.2) is 18.6 Å². The van der Waals surface area contributed by atoms with E-state index in [-0.39, 0.29) is 5.91 Å². The number of amides is 1. The standard InChI is InChI=1S/C24H35N7O/c1-15(2)21-22(17-7-9-19(10-8-17)30(6)20(32)13-29(4)5)27-28-23(21)18-11-16(3)24-25-14-26-31(24)12-18/h11-12,14-15,17,19H,7-10,13H2,1-6H3,(H,27,28). The highest BCUT2D eigenvalue weighted by atomic mass is 16.2. The third-order valence-corrected chi connectivity index (χ3v) is 6.74. The molecule has 0 radical (unpaired) electrons. The van der Waals surface area contributed by atoms with Crippen molar-refractivity contribution in [3.8, 4) is 11.3 Å². The second kappa shape index (κ2) is 9.02. The van der Waals surface area contributed by atoms with Crippen molar-refractivity contribution in [2.45, 2.75) is 64.3 Å². The van der Waals surface area contributed by atoms with E-state index >= 15 is 0 Å². The molecular weight excluding hydrogens is 402 g/mol. The fourth-order valence-corrected chi connectivity index (χ4v) is 5.04. The molecule has 1 aliphatic rings. The van der Waals surface area contributed by atoms with Gasteiger partial charge in [0.05, 0.1) is 12.2 Å². The molecule has 3 aromatic rings. The van der Waals surface area contributed by atoms with Crippen molar-refractivity contribution in [1.29, 1.82) is 0 Å². The van der Waals surface area contributed by atoms with Gasteiger partial charge in [0.2, 0.25) is 5.91 Å². The minimum Gasteiger partial charge on any atom is -0.342 e. The first-order chi connectivity index (χ1) is 15.3. The summed E-state index contributed by atoms with van der Waals surface area (Å²) >= 11 is 0. The zero-order valence-corrected chi connectivity index (χ0v) is 20.1. The fourth-order valence-electron chi connectivity index (χ4n) is 5.04. The summed E-state index contributed by atoms with van der Waals surface area (Å²) in [5, 5.41) is 12.5. The Labute approximate surface area is 190 Å². The van der Waals surface area contributed by atoms with E-state index in [1.54, 1.807) is 6.33 Å². The van der Waals surface area contributed by atoms with Gasteiger partial charge in [-0.15, -0.1) is 0 Å². The van der Waals surface area contributed by atoms with Gasteiger partial charge >= 0.3 is 0 Å². The number of hydrogen-bond donors (Lipinski definition) is 1. The molecule has 1 saturated carbocycles. The molecule has 1 N–H and O–H groups in total. The number of fused-ring (bicyclic) bond motifs is 1. The molecule has 8 heteroatoms. The summed E-state index contributed by atoms with van der Waals surface area (Å²) in [5.74, 6) is 0.995. The average molecular weight is 438 g/mol. The Balaban J connectivity index is 1.55. The molecule has 1 fully saturated rings. The van der Waals surface area contributed by atoms with Crippen LogP contribution < -0.4 is 0 Å².